The third-order valence-electron chi connectivity index (χ3n) is 3.43. The van der Waals surface area contributed by atoms with Crippen LogP contribution in [0.2, 0.25) is 0 Å². The number of hydrogen-bond donors (Lipinski definition) is 2. The maximum atomic E-state index is 12.6. The summed E-state index contributed by atoms with van der Waals surface area (Å²) < 4.78 is 5.16. The largest absolute Gasteiger partial charge is 0.444 e. The number of nitrogens with two attached hydrogens (primary N) is 1. The van der Waals surface area contributed by atoms with Crippen molar-refractivity contribution >= 4 is 23.6 Å². The molecule has 3 N–H and O–H groups in total. The second-order valence-corrected chi connectivity index (χ2v) is 6.83. The molecule has 0 spiro atoms. The molecule has 2 aromatic carbocycles. The Labute approximate surface area is 153 Å². The fraction of sp³-hybridized carbons (Fsp3) is 0.238. The molecule has 5 heteroatoms. The van der Waals surface area contributed by atoms with Crippen LogP contribution in [-0.4, -0.2) is 24.0 Å². The first-order valence-electron chi connectivity index (χ1n) is 8.39. The van der Waals surface area contributed by atoms with Crippen LogP contribution in [0.3, 0.4) is 0 Å². The van der Waals surface area contributed by atoms with E-state index in [9.17, 15) is 9.59 Å². The maximum absolute atomic E-state index is 12.6. The van der Waals surface area contributed by atoms with Crippen LogP contribution in [-0.2, 0) is 4.74 Å². The molecule has 0 saturated heterocycles. The predicted octanol–water partition coefficient (Wildman–Crippen LogP) is 4.04. The topological polar surface area (TPSA) is 81.4 Å². The van der Waals surface area contributed by atoms with Gasteiger partial charge >= 0.3 is 6.09 Å². The van der Waals surface area contributed by atoms with Crippen molar-refractivity contribution in [3.05, 3.63) is 71.3 Å². The standard InChI is InChI=1S/C21H24N2O3/c1-21(2,3)26-20(25)23-13-7-8-15-11-12-18(22)17(14-15)19(24)16-9-5-4-6-10-16/h4-12,14H,13,22H2,1-3H3,(H,23,25). The lowest BCUT2D eigenvalue weighted by atomic mass is 9.99. The second kappa shape index (κ2) is 8.34. The van der Waals surface area contributed by atoms with Crippen molar-refractivity contribution in [3.63, 3.8) is 0 Å². The molecule has 2 rings (SSSR count). The number of hydrogen-bond acceptors (Lipinski definition) is 4. The van der Waals surface area contributed by atoms with Crippen LogP contribution in [0.25, 0.3) is 6.08 Å². The molecule has 0 aliphatic heterocycles. The average molecular weight is 352 g/mol. The number of ether oxygens (including phenoxy) is 1. The number of nitrogen functional groups attached to an aromatic ring is 1. The van der Waals surface area contributed by atoms with Crippen LogP contribution in [0.5, 0.6) is 0 Å². The lowest BCUT2D eigenvalue weighted by Crippen LogP contribution is -2.32. The molecule has 136 valence electrons. The van der Waals surface area contributed by atoms with E-state index in [1.54, 1.807) is 30.3 Å². The highest BCUT2D eigenvalue weighted by Crippen LogP contribution is 2.19. The van der Waals surface area contributed by atoms with Gasteiger partial charge in [0.25, 0.3) is 0 Å². The Morgan fingerprint density at radius 3 is 2.46 bits per heavy atom. The van der Waals surface area contributed by atoms with Crippen molar-refractivity contribution in [2.45, 2.75) is 26.4 Å². The van der Waals surface area contributed by atoms with Gasteiger partial charge < -0.3 is 15.8 Å². The van der Waals surface area contributed by atoms with Gasteiger partial charge in [0.05, 0.1) is 0 Å². The van der Waals surface area contributed by atoms with Gasteiger partial charge in [0.2, 0.25) is 0 Å². The summed E-state index contributed by atoms with van der Waals surface area (Å²) in [5, 5.41) is 2.64. The molecule has 0 aliphatic rings. The van der Waals surface area contributed by atoms with Crippen molar-refractivity contribution in [1.82, 2.24) is 5.32 Å². The van der Waals surface area contributed by atoms with Crippen LogP contribution in [0, 0.1) is 0 Å². The molecule has 0 heterocycles. The molecule has 0 radical (unpaired) electrons. The van der Waals surface area contributed by atoms with Gasteiger partial charge in [-0.1, -0.05) is 48.6 Å². The average Bonchev–Trinajstić information content (AvgIpc) is 2.58. The van der Waals surface area contributed by atoms with E-state index in [1.807, 2.05) is 51.1 Å². The normalized spacial score (nSPS) is 11.3. The highest BCUT2D eigenvalue weighted by atomic mass is 16.6. The summed E-state index contributed by atoms with van der Waals surface area (Å²) in [7, 11) is 0. The fourth-order valence-corrected chi connectivity index (χ4v) is 2.27. The van der Waals surface area contributed by atoms with Gasteiger partial charge in [0.1, 0.15) is 5.60 Å². The number of amides is 1. The van der Waals surface area contributed by atoms with Gasteiger partial charge in [-0.2, -0.15) is 0 Å². The predicted molar refractivity (Wildman–Crippen MR) is 104 cm³/mol. The molecule has 0 atom stereocenters. The molecule has 0 bridgehead atoms. The van der Waals surface area contributed by atoms with E-state index in [1.165, 1.54) is 0 Å². The molecular weight excluding hydrogens is 328 g/mol. The minimum absolute atomic E-state index is 0.120. The molecule has 1 amide bonds. The van der Waals surface area contributed by atoms with Gasteiger partial charge in [-0.25, -0.2) is 4.79 Å². The maximum Gasteiger partial charge on any atom is 0.407 e. The van der Waals surface area contributed by atoms with Crippen LogP contribution >= 0.6 is 0 Å². The lowest BCUT2D eigenvalue weighted by molar-refractivity contribution is 0.0534. The number of ketones is 1. The van der Waals surface area contributed by atoms with Crippen LogP contribution in [0.1, 0.15) is 42.3 Å². The molecule has 0 saturated carbocycles. The summed E-state index contributed by atoms with van der Waals surface area (Å²) in [5.74, 6) is -0.120. The molecule has 0 fully saturated rings. The fourth-order valence-electron chi connectivity index (χ4n) is 2.27. The molecule has 0 aliphatic carbocycles. The number of carbonyl (C=O) groups is 2. The second-order valence-electron chi connectivity index (χ2n) is 6.83. The van der Waals surface area contributed by atoms with Crippen molar-refractivity contribution in [2.24, 2.45) is 0 Å². The molecule has 5 nitrogen and oxygen atoms in total. The number of nitrogens with one attached hydrogen (secondary N) is 1. The Balaban J connectivity index is 2.03. The summed E-state index contributed by atoms with van der Waals surface area (Å²) in [6, 6.07) is 14.3. The Hall–Kier alpha value is -3.08. The first-order chi connectivity index (χ1) is 12.3. The Bertz CT molecular complexity index is 806. The van der Waals surface area contributed by atoms with E-state index in [2.05, 4.69) is 5.32 Å². The summed E-state index contributed by atoms with van der Waals surface area (Å²) in [6.07, 6.45) is 3.13. The summed E-state index contributed by atoms with van der Waals surface area (Å²) >= 11 is 0. The Kier molecular flexibility index (Phi) is 6.17. The van der Waals surface area contributed by atoms with E-state index in [0.29, 0.717) is 23.4 Å². The van der Waals surface area contributed by atoms with E-state index < -0.39 is 11.7 Å². The van der Waals surface area contributed by atoms with E-state index >= 15 is 0 Å². The number of rotatable bonds is 5. The molecular formula is C21H24N2O3. The highest BCUT2D eigenvalue weighted by Gasteiger charge is 2.15. The number of alkyl carbamates (subject to hydrolysis) is 1. The third kappa shape index (κ3) is 5.77. The van der Waals surface area contributed by atoms with E-state index in [-0.39, 0.29) is 5.78 Å². The zero-order valence-electron chi connectivity index (χ0n) is 15.3. The molecule has 26 heavy (non-hydrogen) atoms. The van der Waals surface area contributed by atoms with Gasteiger partial charge in [0, 0.05) is 23.4 Å². The van der Waals surface area contributed by atoms with Gasteiger partial charge in [-0.05, 0) is 38.5 Å². The molecule has 0 unspecified atom stereocenters. The molecule has 0 aromatic heterocycles. The van der Waals surface area contributed by atoms with Crippen LogP contribution in [0.4, 0.5) is 10.5 Å². The van der Waals surface area contributed by atoms with Crippen LogP contribution < -0.4 is 11.1 Å². The van der Waals surface area contributed by atoms with Crippen molar-refractivity contribution < 1.29 is 14.3 Å². The number of carbonyl (C=O) groups excluding carboxylic acids is 2. The summed E-state index contributed by atoms with van der Waals surface area (Å²) in [4.78, 5) is 24.2. The number of benzene rings is 2. The highest BCUT2D eigenvalue weighted by molar-refractivity contribution is 6.12. The monoisotopic (exact) mass is 352 g/mol. The zero-order chi connectivity index (χ0) is 19.2. The SMILES string of the molecule is CC(C)(C)OC(=O)NCC=Cc1ccc(N)c(C(=O)c2ccccc2)c1. The van der Waals surface area contributed by atoms with Gasteiger partial charge in [-0.3, -0.25) is 4.79 Å². The summed E-state index contributed by atoms with van der Waals surface area (Å²) in [6.45, 7) is 5.74. The first-order valence-corrected chi connectivity index (χ1v) is 8.39. The first kappa shape index (κ1) is 19.2. The van der Waals surface area contributed by atoms with E-state index in [4.69, 9.17) is 10.5 Å². The van der Waals surface area contributed by atoms with Gasteiger partial charge in [0.15, 0.2) is 5.78 Å². The van der Waals surface area contributed by atoms with Gasteiger partial charge in [-0.15, -0.1) is 0 Å². The molecule has 2 aromatic rings. The lowest BCUT2D eigenvalue weighted by Gasteiger charge is -2.19. The minimum atomic E-state index is -0.530. The zero-order valence-corrected chi connectivity index (χ0v) is 15.3. The summed E-state index contributed by atoms with van der Waals surface area (Å²) in [5.41, 5.74) is 7.74. The van der Waals surface area contributed by atoms with Crippen molar-refractivity contribution in [3.8, 4) is 0 Å². The minimum Gasteiger partial charge on any atom is -0.444 e. The van der Waals surface area contributed by atoms with Crippen LogP contribution in [0.15, 0.2) is 54.6 Å². The van der Waals surface area contributed by atoms with Crippen molar-refractivity contribution in [2.75, 3.05) is 12.3 Å². The Morgan fingerprint density at radius 2 is 1.81 bits per heavy atom. The Morgan fingerprint density at radius 1 is 1.12 bits per heavy atom. The van der Waals surface area contributed by atoms with E-state index in [0.717, 1.165) is 5.56 Å². The number of anilines is 1. The quantitative estimate of drug-likeness (QED) is 0.628. The van der Waals surface area contributed by atoms with Crippen molar-refractivity contribution in [1.29, 1.82) is 0 Å². The third-order valence-corrected chi connectivity index (χ3v) is 3.43. The smallest absolute Gasteiger partial charge is 0.407 e.